The average molecular weight is 274 g/mol. The van der Waals surface area contributed by atoms with Gasteiger partial charge in [-0.3, -0.25) is 9.59 Å². The highest BCUT2D eigenvalue weighted by atomic mass is 16.4. The molecule has 2 rings (SSSR count). The predicted octanol–water partition coefficient (Wildman–Crippen LogP) is 2.41. The Bertz CT molecular complexity index is 646. The number of aryl methyl sites for hydroxylation is 1. The van der Waals surface area contributed by atoms with Crippen molar-refractivity contribution >= 4 is 22.8 Å². The molecular weight excluding hydrogens is 256 g/mol. The van der Waals surface area contributed by atoms with Crippen LogP contribution in [0.25, 0.3) is 10.9 Å². The van der Waals surface area contributed by atoms with Crippen molar-refractivity contribution in [3.63, 3.8) is 0 Å². The van der Waals surface area contributed by atoms with Gasteiger partial charge < -0.3 is 15.0 Å². The van der Waals surface area contributed by atoms with Crippen LogP contribution in [-0.4, -0.2) is 40.5 Å². The lowest BCUT2D eigenvalue weighted by molar-refractivity contribution is -0.137. The maximum atomic E-state index is 12.5. The first-order valence-corrected chi connectivity index (χ1v) is 6.55. The van der Waals surface area contributed by atoms with Crippen LogP contribution in [0, 0.1) is 6.92 Å². The Hall–Kier alpha value is -2.30. The summed E-state index contributed by atoms with van der Waals surface area (Å²) in [5.74, 6) is -0.917. The molecule has 0 aliphatic rings. The van der Waals surface area contributed by atoms with Gasteiger partial charge in [0.25, 0.3) is 5.91 Å². The first-order chi connectivity index (χ1) is 9.50. The molecule has 1 aromatic heterocycles. The van der Waals surface area contributed by atoms with Gasteiger partial charge in [0.2, 0.25) is 0 Å². The Labute approximate surface area is 117 Å². The van der Waals surface area contributed by atoms with Gasteiger partial charge in [-0.1, -0.05) is 18.2 Å². The van der Waals surface area contributed by atoms with E-state index in [1.165, 1.54) is 0 Å². The Morgan fingerprint density at radius 2 is 2.00 bits per heavy atom. The number of amides is 1. The number of fused-ring (bicyclic) bond motifs is 1. The molecular formula is C15H18N2O3. The van der Waals surface area contributed by atoms with E-state index in [9.17, 15) is 9.59 Å². The molecule has 5 nitrogen and oxygen atoms in total. The van der Waals surface area contributed by atoms with Gasteiger partial charge >= 0.3 is 5.97 Å². The third-order valence-electron chi connectivity index (χ3n) is 3.34. The highest BCUT2D eigenvalue weighted by molar-refractivity contribution is 6.08. The van der Waals surface area contributed by atoms with Gasteiger partial charge in [0, 0.05) is 36.6 Å². The van der Waals surface area contributed by atoms with E-state index in [0.717, 1.165) is 16.6 Å². The summed E-state index contributed by atoms with van der Waals surface area (Å²) in [6, 6.07) is 7.67. The normalized spacial score (nSPS) is 10.7. The number of hydrogen-bond donors (Lipinski definition) is 2. The molecule has 0 bridgehead atoms. The van der Waals surface area contributed by atoms with Crippen LogP contribution < -0.4 is 0 Å². The number of carboxylic acid groups (broad SMARTS) is 1. The van der Waals surface area contributed by atoms with Crippen molar-refractivity contribution in [2.45, 2.75) is 19.8 Å². The van der Waals surface area contributed by atoms with E-state index in [1.807, 2.05) is 31.2 Å². The summed E-state index contributed by atoms with van der Waals surface area (Å²) in [6.45, 7) is 2.31. The van der Waals surface area contributed by atoms with Crippen molar-refractivity contribution in [2.24, 2.45) is 0 Å². The number of hydrogen-bond acceptors (Lipinski definition) is 2. The van der Waals surface area contributed by atoms with E-state index in [-0.39, 0.29) is 12.3 Å². The topological polar surface area (TPSA) is 73.4 Å². The van der Waals surface area contributed by atoms with Crippen molar-refractivity contribution in [1.29, 1.82) is 0 Å². The fourth-order valence-electron chi connectivity index (χ4n) is 2.31. The summed E-state index contributed by atoms with van der Waals surface area (Å²) in [6.07, 6.45) is 0.531. The molecule has 5 heteroatoms. The number of carboxylic acids is 1. The molecule has 0 fully saturated rings. The van der Waals surface area contributed by atoms with Crippen molar-refractivity contribution in [1.82, 2.24) is 9.88 Å². The average Bonchev–Trinajstić information content (AvgIpc) is 2.73. The van der Waals surface area contributed by atoms with E-state index in [0.29, 0.717) is 18.5 Å². The van der Waals surface area contributed by atoms with Gasteiger partial charge in [-0.25, -0.2) is 0 Å². The molecule has 0 radical (unpaired) electrons. The molecule has 106 valence electrons. The number of benzene rings is 1. The number of nitrogens with zero attached hydrogens (tertiary/aromatic N) is 1. The van der Waals surface area contributed by atoms with E-state index in [2.05, 4.69) is 4.98 Å². The monoisotopic (exact) mass is 274 g/mol. The fourth-order valence-corrected chi connectivity index (χ4v) is 2.31. The van der Waals surface area contributed by atoms with E-state index in [1.54, 1.807) is 11.9 Å². The van der Waals surface area contributed by atoms with Gasteiger partial charge in [0.05, 0.1) is 5.56 Å². The third-order valence-corrected chi connectivity index (χ3v) is 3.34. The zero-order chi connectivity index (χ0) is 14.7. The van der Waals surface area contributed by atoms with Crippen LogP contribution in [0.1, 0.15) is 28.9 Å². The summed E-state index contributed by atoms with van der Waals surface area (Å²) in [7, 11) is 1.70. The summed E-state index contributed by atoms with van der Waals surface area (Å²) in [5, 5.41) is 9.53. The summed E-state index contributed by atoms with van der Waals surface area (Å²) in [4.78, 5) is 27.7. The molecule has 1 aromatic carbocycles. The number of rotatable bonds is 5. The van der Waals surface area contributed by atoms with Crippen molar-refractivity contribution in [3.8, 4) is 0 Å². The molecule has 0 spiro atoms. The van der Waals surface area contributed by atoms with Gasteiger partial charge in [-0.05, 0) is 19.4 Å². The Morgan fingerprint density at radius 1 is 1.30 bits per heavy atom. The second kappa shape index (κ2) is 5.77. The van der Waals surface area contributed by atoms with Crippen molar-refractivity contribution < 1.29 is 14.7 Å². The van der Waals surface area contributed by atoms with Crippen LogP contribution in [0.4, 0.5) is 0 Å². The molecule has 0 aliphatic carbocycles. The smallest absolute Gasteiger partial charge is 0.303 e. The standard InChI is InChI=1S/C15H18N2O3/c1-10-14(11-6-3-4-7-12(11)16-10)15(20)17(2)9-5-8-13(18)19/h3-4,6-7,16H,5,8-9H2,1-2H3,(H,18,19). The minimum atomic E-state index is -0.839. The van der Waals surface area contributed by atoms with Crippen LogP contribution in [0.5, 0.6) is 0 Å². The number of carbonyl (C=O) groups is 2. The van der Waals surface area contributed by atoms with Crippen LogP contribution in [-0.2, 0) is 4.79 Å². The lowest BCUT2D eigenvalue weighted by Gasteiger charge is -2.16. The number of aliphatic carboxylic acids is 1. The number of H-pyrrole nitrogens is 1. The number of carbonyl (C=O) groups excluding carboxylic acids is 1. The fraction of sp³-hybridized carbons (Fsp3) is 0.333. The van der Waals surface area contributed by atoms with Crippen LogP contribution in [0.3, 0.4) is 0 Å². The second-order valence-corrected chi connectivity index (χ2v) is 4.89. The van der Waals surface area contributed by atoms with Crippen LogP contribution in [0.15, 0.2) is 24.3 Å². The zero-order valence-corrected chi connectivity index (χ0v) is 11.6. The highest BCUT2D eigenvalue weighted by Gasteiger charge is 2.19. The molecule has 2 N–H and O–H groups in total. The van der Waals surface area contributed by atoms with E-state index < -0.39 is 5.97 Å². The quantitative estimate of drug-likeness (QED) is 0.879. The van der Waals surface area contributed by atoms with Gasteiger partial charge in [-0.2, -0.15) is 0 Å². The summed E-state index contributed by atoms with van der Waals surface area (Å²) >= 11 is 0. The van der Waals surface area contributed by atoms with Gasteiger partial charge in [-0.15, -0.1) is 0 Å². The van der Waals surface area contributed by atoms with Crippen LogP contribution in [0.2, 0.25) is 0 Å². The molecule has 0 saturated heterocycles. The number of para-hydroxylation sites is 1. The third kappa shape index (κ3) is 2.82. The lowest BCUT2D eigenvalue weighted by Crippen LogP contribution is -2.28. The largest absolute Gasteiger partial charge is 0.481 e. The molecule has 0 aliphatic heterocycles. The Balaban J connectivity index is 2.18. The van der Waals surface area contributed by atoms with E-state index in [4.69, 9.17) is 5.11 Å². The molecule has 1 heterocycles. The SMILES string of the molecule is Cc1[nH]c2ccccc2c1C(=O)N(C)CCCC(=O)O. The first-order valence-electron chi connectivity index (χ1n) is 6.55. The van der Waals surface area contributed by atoms with E-state index >= 15 is 0 Å². The number of aromatic amines is 1. The minimum Gasteiger partial charge on any atom is -0.481 e. The van der Waals surface area contributed by atoms with Gasteiger partial charge in [0.15, 0.2) is 0 Å². The maximum Gasteiger partial charge on any atom is 0.303 e. The number of nitrogens with one attached hydrogen (secondary N) is 1. The predicted molar refractivity (Wildman–Crippen MR) is 76.9 cm³/mol. The Morgan fingerprint density at radius 3 is 2.70 bits per heavy atom. The summed E-state index contributed by atoms with van der Waals surface area (Å²) in [5.41, 5.74) is 2.44. The highest BCUT2D eigenvalue weighted by Crippen LogP contribution is 2.23. The van der Waals surface area contributed by atoms with Crippen molar-refractivity contribution in [2.75, 3.05) is 13.6 Å². The van der Waals surface area contributed by atoms with Crippen molar-refractivity contribution in [3.05, 3.63) is 35.5 Å². The lowest BCUT2D eigenvalue weighted by atomic mass is 10.1. The van der Waals surface area contributed by atoms with Crippen LogP contribution >= 0.6 is 0 Å². The zero-order valence-electron chi connectivity index (χ0n) is 11.6. The minimum absolute atomic E-state index is 0.0739. The molecule has 0 unspecified atom stereocenters. The maximum absolute atomic E-state index is 12.5. The number of aromatic nitrogens is 1. The molecule has 0 atom stereocenters. The molecule has 1 amide bonds. The summed E-state index contributed by atoms with van der Waals surface area (Å²) < 4.78 is 0. The molecule has 20 heavy (non-hydrogen) atoms. The van der Waals surface area contributed by atoms with Gasteiger partial charge in [0.1, 0.15) is 0 Å². The Kier molecular flexibility index (Phi) is 4.08. The second-order valence-electron chi connectivity index (χ2n) is 4.89. The molecule has 2 aromatic rings. The first kappa shape index (κ1) is 14.1. The molecule has 0 saturated carbocycles.